The van der Waals surface area contributed by atoms with Gasteiger partial charge in [-0.05, 0) is 28.7 Å². The lowest BCUT2D eigenvalue weighted by Gasteiger charge is -2.02. The van der Waals surface area contributed by atoms with Gasteiger partial charge in [0.2, 0.25) is 5.88 Å². The molecule has 0 fully saturated rings. The molecule has 78 valence electrons. The highest BCUT2D eigenvalue weighted by atomic mass is 127. The smallest absolute Gasteiger partial charge is 0.215 e. The molecule has 0 N–H and O–H groups in total. The first-order valence-corrected chi connectivity index (χ1v) is 5.57. The van der Waals surface area contributed by atoms with E-state index in [2.05, 4.69) is 32.7 Å². The average molecular weight is 336 g/mol. The first kappa shape index (κ1) is 10.7. The largest absolute Gasteiger partial charge is 0.481 e. The molecule has 0 aromatic carbocycles. The molecule has 0 aliphatic carbocycles. The van der Waals surface area contributed by atoms with Crippen molar-refractivity contribution in [1.29, 1.82) is 0 Å². The fourth-order valence-corrected chi connectivity index (χ4v) is 1.62. The number of halogens is 2. The summed E-state index contributed by atoms with van der Waals surface area (Å²) in [5.74, 6) is 0.550. The van der Waals surface area contributed by atoms with Gasteiger partial charge in [-0.15, -0.1) is 0 Å². The quantitative estimate of drug-likeness (QED) is 0.792. The van der Waals surface area contributed by atoms with Crippen LogP contribution in [0.4, 0.5) is 0 Å². The lowest BCUT2D eigenvalue weighted by molar-refractivity contribution is 0.397. The van der Waals surface area contributed by atoms with E-state index in [0.717, 1.165) is 9.39 Å². The van der Waals surface area contributed by atoms with E-state index in [1.807, 2.05) is 6.07 Å². The van der Waals surface area contributed by atoms with Crippen molar-refractivity contribution in [2.24, 2.45) is 0 Å². The molecule has 0 atom stereocenters. The molecule has 2 rings (SSSR count). The van der Waals surface area contributed by atoms with E-state index in [4.69, 9.17) is 16.3 Å². The van der Waals surface area contributed by atoms with Gasteiger partial charge in [0.25, 0.3) is 0 Å². The zero-order chi connectivity index (χ0) is 10.8. The SMILES string of the molecule is COc1cc(-n2cc(Cl)c(I)n2)ccn1. The third kappa shape index (κ3) is 2.23. The van der Waals surface area contributed by atoms with E-state index in [0.29, 0.717) is 10.9 Å². The number of aromatic nitrogens is 3. The summed E-state index contributed by atoms with van der Waals surface area (Å²) in [6.45, 7) is 0. The lowest BCUT2D eigenvalue weighted by atomic mass is 10.4. The summed E-state index contributed by atoms with van der Waals surface area (Å²) < 4.78 is 7.48. The van der Waals surface area contributed by atoms with Crippen LogP contribution in [0.5, 0.6) is 5.88 Å². The van der Waals surface area contributed by atoms with Crippen molar-refractivity contribution >= 4 is 34.2 Å². The molecule has 2 aromatic rings. The topological polar surface area (TPSA) is 39.9 Å². The Hall–Kier alpha value is -0.820. The standard InChI is InChI=1S/C9H7ClIN3O/c1-15-8-4-6(2-3-12-8)14-5-7(10)9(11)13-14/h2-5H,1H3. The molecule has 0 saturated carbocycles. The second kappa shape index (κ2) is 4.36. The van der Waals surface area contributed by atoms with Gasteiger partial charge in [-0.2, -0.15) is 5.10 Å². The molecule has 0 saturated heterocycles. The van der Waals surface area contributed by atoms with Crippen LogP contribution < -0.4 is 4.74 Å². The summed E-state index contributed by atoms with van der Waals surface area (Å²) in [5, 5.41) is 4.87. The Labute approximate surface area is 105 Å². The zero-order valence-electron chi connectivity index (χ0n) is 7.82. The Bertz CT molecular complexity index is 466. The average Bonchev–Trinajstić information content (AvgIpc) is 2.59. The molecule has 2 heterocycles. The normalized spacial score (nSPS) is 10.3. The summed E-state index contributed by atoms with van der Waals surface area (Å²) >= 11 is 7.99. The minimum atomic E-state index is 0.550. The third-order valence-electron chi connectivity index (χ3n) is 1.82. The van der Waals surface area contributed by atoms with Crippen LogP contribution in [-0.4, -0.2) is 21.9 Å². The molecular formula is C9H7ClIN3O. The number of ether oxygens (including phenoxy) is 1. The van der Waals surface area contributed by atoms with Gasteiger partial charge in [0, 0.05) is 12.3 Å². The third-order valence-corrected chi connectivity index (χ3v) is 3.21. The van der Waals surface area contributed by atoms with E-state index in [9.17, 15) is 0 Å². The highest BCUT2D eigenvalue weighted by Gasteiger charge is 2.05. The Kier molecular flexibility index (Phi) is 3.11. The van der Waals surface area contributed by atoms with E-state index in [-0.39, 0.29) is 0 Å². The van der Waals surface area contributed by atoms with Gasteiger partial charge in [-0.1, -0.05) is 11.6 Å². The molecule has 0 aliphatic rings. The van der Waals surface area contributed by atoms with E-state index in [1.54, 1.807) is 30.3 Å². The number of methoxy groups -OCH3 is 1. The number of hydrogen-bond acceptors (Lipinski definition) is 3. The maximum atomic E-state index is 5.92. The maximum absolute atomic E-state index is 5.92. The van der Waals surface area contributed by atoms with Crippen LogP contribution in [0.25, 0.3) is 5.69 Å². The van der Waals surface area contributed by atoms with Crippen LogP contribution in [0.3, 0.4) is 0 Å². The van der Waals surface area contributed by atoms with Crippen molar-refractivity contribution in [2.45, 2.75) is 0 Å². The highest BCUT2D eigenvalue weighted by Crippen LogP contribution is 2.19. The molecule has 6 heteroatoms. The molecule has 0 amide bonds. The van der Waals surface area contributed by atoms with Crippen LogP contribution in [0.1, 0.15) is 0 Å². The maximum Gasteiger partial charge on any atom is 0.215 e. The summed E-state index contributed by atoms with van der Waals surface area (Å²) in [7, 11) is 1.58. The second-order valence-electron chi connectivity index (χ2n) is 2.77. The summed E-state index contributed by atoms with van der Waals surface area (Å²) in [4.78, 5) is 4.01. The molecular weight excluding hydrogens is 328 g/mol. The predicted molar refractivity (Wildman–Crippen MR) is 65.6 cm³/mol. The van der Waals surface area contributed by atoms with Crippen molar-refractivity contribution in [3.63, 3.8) is 0 Å². The fourth-order valence-electron chi connectivity index (χ4n) is 1.12. The monoisotopic (exact) mass is 335 g/mol. The molecule has 15 heavy (non-hydrogen) atoms. The van der Waals surface area contributed by atoms with Gasteiger partial charge in [0.05, 0.1) is 24.0 Å². The Morgan fingerprint density at radius 1 is 1.53 bits per heavy atom. The minimum absolute atomic E-state index is 0.550. The van der Waals surface area contributed by atoms with Gasteiger partial charge >= 0.3 is 0 Å². The van der Waals surface area contributed by atoms with Crippen molar-refractivity contribution < 1.29 is 4.74 Å². The molecule has 0 aliphatic heterocycles. The predicted octanol–water partition coefficient (Wildman–Crippen LogP) is 2.53. The molecule has 2 aromatic heterocycles. The van der Waals surface area contributed by atoms with E-state index >= 15 is 0 Å². The number of pyridine rings is 1. The summed E-state index contributed by atoms with van der Waals surface area (Å²) in [5.41, 5.74) is 0.867. The number of hydrogen-bond donors (Lipinski definition) is 0. The van der Waals surface area contributed by atoms with Crippen LogP contribution in [0, 0.1) is 3.70 Å². The number of nitrogens with zero attached hydrogens (tertiary/aromatic N) is 3. The van der Waals surface area contributed by atoms with Gasteiger partial charge in [0.1, 0.15) is 3.70 Å². The van der Waals surface area contributed by atoms with Crippen LogP contribution in [0.15, 0.2) is 24.5 Å². The molecule has 0 radical (unpaired) electrons. The van der Waals surface area contributed by atoms with Crippen LogP contribution in [0.2, 0.25) is 5.02 Å². The molecule has 0 spiro atoms. The van der Waals surface area contributed by atoms with Gasteiger partial charge in [-0.3, -0.25) is 0 Å². The van der Waals surface area contributed by atoms with Crippen molar-refractivity contribution in [3.05, 3.63) is 33.2 Å². The van der Waals surface area contributed by atoms with Gasteiger partial charge < -0.3 is 4.74 Å². The number of rotatable bonds is 2. The van der Waals surface area contributed by atoms with Crippen molar-refractivity contribution in [3.8, 4) is 11.6 Å². The van der Waals surface area contributed by atoms with E-state index in [1.165, 1.54) is 0 Å². The van der Waals surface area contributed by atoms with Crippen LogP contribution >= 0.6 is 34.2 Å². The van der Waals surface area contributed by atoms with Gasteiger partial charge in [0.15, 0.2) is 0 Å². The Morgan fingerprint density at radius 3 is 2.93 bits per heavy atom. The first-order valence-electron chi connectivity index (χ1n) is 4.12. The molecule has 0 unspecified atom stereocenters. The Morgan fingerprint density at radius 2 is 2.33 bits per heavy atom. The summed E-state index contributed by atoms with van der Waals surface area (Å²) in [6.07, 6.45) is 3.41. The van der Waals surface area contributed by atoms with Crippen molar-refractivity contribution in [1.82, 2.24) is 14.8 Å². The lowest BCUT2D eigenvalue weighted by Crippen LogP contribution is -1.96. The van der Waals surface area contributed by atoms with Gasteiger partial charge in [-0.25, -0.2) is 9.67 Å². The second-order valence-corrected chi connectivity index (χ2v) is 4.20. The molecule has 4 nitrogen and oxygen atoms in total. The first-order chi connectivity index (χ1) is 7.20. The van der Waals surface area contributed by atoms with Crippen molar-refractivity contribution in [2.75, 3.05) is 7.11 Å². The van der Waals surface area contributed by atoms with Crippen LogP contribution in [-0.2, 0) is 0 Å². The van der Waals surface area contributed by atoms with E-state index < -0.39 is 0 Å². The molecule has 0 bridgehead atoms. The minimum Gasteiger partial charge on any atom is -0.481 e. The highest BCUT2D eigenvalue weighted by molar-refractivity contribution is 14.1. The Balaban J connectivity index is 2.44. The fraction of sp³-hybridized carbons (Fsp3) is 0.111. The zero-order valence-corrected chi connectivity index (χ0v) is 10.7. The summed E-state index contributed by atoms with van der Waals surface area (Å²) in [6, 6.07) is 3.63.